The second-order valence-electron chi connectivity index (χ2n) is 17.7. The van der Waals surface area contributed by atoms with Gasteiger partial charge in [0.05, 0.1) is 0 Å². The molecule has 4 aromatic heterocycles. The van der Waals surface area contributed by atoms with E-state index in [1.165, 1.54) is 17.0 Å². The number of pyridine rings is 3. The van der Waals surface area contributed by atoms with Crippen molar-refractivity contribution in [1.29, 1.82) is 0 Å². The maximum absolute atomic E-state index is 10.5. The Morgan fingerprint density at radius 2 is 0.971 bits per heavy atom. The molecule has 70 heavy (non-hydrogen) atoms. The molecule has 0 bridgehead atoms. The first-order valence-corrected chi connectivity index (χ1v) is 22.7. The Bertz CT molecular complexity index is 3530. The van der Waals surface area contributed by atoms with E-state index in [1.54, 1.807) is 0 Å². The van der Waals surface area contributed by atoms with E-state index in [0.29, 0.717) is 5.82 Å². The number of aromatic carboxylic acids is 1. The molecule has 7 aromatic carbocycles. The van der Waals surface area contributed by atoms with E-state index in [2.05, 4.69) is 196 Å². The smallest absolute Gasteiger partial charge is 0.250 e. The average Bonchev–Trinajstić information content (AvgIpc) is 3.41. The Morgan fingerprint density at radius 3 is 1.47 bits per heavy atom. The number of fused-ring (bicyclic) bond motifs is 2. The van der Waals surface area contributed by atoms with Crippen molar-refractivity contribution in [2.45, 2.75) is 26.2 Å². The van der Waals surface area contributed by atoms with Gasteiger partial charge in [-0.15, -0.1) is 29.1 Å². The van der Waals surface area contributed by atoms with Gasteiger partial charge < -0.3 is 24.9 Å². The van der Waals surface area contributed by atoms with E-state index < -0.39 is 5.97 Å². The SMILES string of the molecule is CC(C)(C)c1n[c-]c(C(=O)O)cn1.[Ir].[c-]1cc2ccccc2cc1-c1ncc(-c2ccccc2-c2cc(-c3ccccc3-c3cccnc3)cc(-c3ccccc3-c3cccnc3)c2)c2ccccc12. The summed E-state index contributed by atoms with van der Waals surface area (Å²) >= 11 is 0. The minimum absolute atomic E-state index is 0. The zero-order chi connectivity index (χ0) is 47.3. The van der Waals surface area contributed by atoms with Crippen molar-refractivity contribution in [3.63, 3.8) is 0 Å². The Hall–Kier alpha value is -8.29. The molecule has 0 saturated heterocycles. The van der Waals surface area contributed by atoms with Crippen LogP contribution >= 0.6 is 0 Å². The summed E-state index contributed by atoms with van der Waals surface area (Å²) in [6.07, 6.45) is 13.3. The van der Waals surface area contributed by atoms with Crippen molar-refractivity contribution in [2.75, 3.05) is 0 Å². The molecular formula is C62H45IrN5O2-2. The van der Waals surface area contributed by atoms with Gasteiger partial charge in [-0.25, -0.2) is 0 Å². The number of carboxylic acids is 1. The van der Waals surface area contributed by atoms with Crippen molar-refractivity contribution in [2.24, 2.45) is 0 Å². The van der Waals surface area contributed by atoms with Gasteiger partial charge in [0.25, 0.3) is 5.97 Å². The Labute approximate surface area is 421 Å². The molecule has 341 valence electrons. The molecule has 0 spiro atoms. The van der Waals surface area contributed by atoms with Gasteiger partial charge >= 0.3 is 0 Å². The fourth-order valence-corrected chi connectivity index (χ4v) is 8.73. The predicted molar refractivity (Wildman–Crippen MR) is 278 cm³/mol. The van der Waals surface area contributed by atoms with Crippen LogP contribution in [0.2, 0.25) is 0 Å². The molecule has 7 nitrogen and oxygen atoms in total. The van der Waals surface area contributed by atoms with Crippen LogP contribution in [-0.2, 0) is 25.5 Å². The standard InChI is InChI=1S/C53H34N3.C9H11N2O2.Ir/c1-2-14-37-29-38(26-25-36(37)13-1)53-51-24-10-9-23-50(51)52(35-56-53)49-22-8-7-21-48(49)43-31-41(46-19-5-3-17-44(46)39-15-11-27-54-33-39)30-42(32-43)47-20-6-4-18-45(47)40-16-12-28-55-34-40;1-9(2,3)8-10-4-6(5-11-8)7(12)13;/h1-25,27-35H;4H,1-3H3,(H,12,13);/q2*-1;. The van der Waals surface area contributed by atoms with Crippen LogP contribution in [0.3, 0.4) is 0 Å². The Morgan fingerprint density at radius 1 is 0.486 bits per heavy atom. The monoisotopic (exact) mass is 1080 g/mol. The van der Waals surface area contributed by atoms with Gasteiger partial charge in [0, 0.05) is 73.6 Å². The summed E-state index contributed by atoms with van der Waals surface area (Å²) in [6.45, 7) is 5.86. The number of nitrogens with zero attached hydrogens (tertiary/aromatic N) is 5. The molecule has 0 aliphatic heterocycles. The predicted octanol–water partition coefficient (Wildman–Crippen LogP) is 14.9. The zero-order valence-electron chi connectivity index (χ0n) is 38.6. The number of rotatable bonds is 8. The first-order valence-electron chi connectivity index (χ1n) is 22.7. The van der Waals surface area contributed by atoms with Gasteiger partial charge in [0.2, 0.25) is 0 Å². The van der Waals surface area contributed by atoms with E-state index in [1.807, 2.05) is 63.9 Å². The van der Waals surface area contributed by atoms with Crippen LogP contribution in [0.15, 0.2) is 213 Å². The number of hydrogen-bond donors (Lipinski definition) is 1. The number of benzene rings is 7. The molecule has 11 aromatic rings. The van der Waals surface area contributed by atoms with Gasteiger partial charge in [-0.1, -0.05) is 160 Å². The summed E-state index contributed by atoms with van der Waals surface area (Å²) in [7, 11) is 0. The van der Waals surface area contributed by atoms with Crippen LogP contribution in [0.5, 0.6) is 0 Å². The first kappa shape index (κ1) is 46.8. The van der Waals surface area contributed by atoms with Crippen molar-refractivity contribution in [3.8, 4) is 78.0 Å². The summed E-state index contributed by atoms with van der Waals surface area (Å²) in [5.41, 5.74) is 15.1. The molecule has 4 heterocycles. The third kappa shape index (κ3) is 9.83. The second kappa shape index (κ2) is 20.5. The Kier molecular flexibility index (Phi) is 13.7. The molecular weight excluding hydrogens is 1040 g/mol. The summed E-state index contributed by atoms with van der Waals surface area (Å²) < 4.78 is 0. The van der Waals surface area contributed by atoms with Gasteiger partial charge in [-0.2, -0.15) is 0 Å². The minimum Gasteiger partial charge on any atom is -0.521 e. The van der Waals surface area contributed by atoms with Crippen LogP contribution in [0.4, 0.5) is 0 Å². The fourth-order valence-electron chi connectivity index (χ4n) is 8.73. The van der Waals surface area contributed by atoms with Gasteiger partial charge in [0.15, 0.2) is 0 Å². The summed E-state index contributed by atoms with van der Waals surface area (Å²) in [4.78, 5) is 32.4. The number of hydrogen-bond acceptors (Lipinski definition) is 6. The van der Waals surface area contributed by atoms with Gasteiger partial charge in [0.1, 0.15) is 0 Å². The maximum atomic E-state index is 10.5. The molecule has 0 amide bonds. The normalized spacial score (nSPS) is 11.1. The Balaban J connectivity index is 0.000000380. The van der Waals surface area contributed by atoms with Crippen molar-refractivity contribution in [3.05, 3.63) is 237 Å². The second-order valence-corrected chi connectivity index (χ2v) is 17.7. The van der Waals surface area contributed by atoms with Crippen LogP contribution in [0, 0.1) is 12.3 Å². The third-order valence-corrected chi connectivity index (χ3v) is 12.1. The topological polar surface area (TPSA) is 102 Å². The first-order chi connectivity index (χ1) is 33.7. The molecule has 0 fully saturated rings. The van der Waals surface area contributed by atoms with Crippen LogP contribution in [0.1, 0.15) is 37.0 Å². The molecule has 1 radical (unpaired) electrons. The van der Waals surface area contributed by atoms with Gasteiger partial charge in [-0.3, -0.25) is 9.97 Å². The van der Waals surface area contributed by atoms with E-state index in [-0.39, 0.29) is 31.1 Å². The molecule has 0 unspecified atom stereocenters. The van der Waals surface area contributed by atoms with E-state index in [9.17, 15) is 4.79 Å². The molecule has 11 rings (SSSR count). The van der Waals surface area contributed by atoms with Crippen molar-refractivity contribution < 1.29 is 30.0 Å². The zero-order valence-corrected chi connectivity index (χ0v) is 41.0. The van der Waals surface area contributed by atoms with Crippen molar-refractivity contribution >= 4 is 27.5 Å². The van der Waals surface area contributed by atoms with Crippen molar-refractivity contribution in [1.82, 2.24) is 24.9 Å². The van der Waals surface area contributed by atoms with Crippen LogP contribution < -0.4 is 0 Å². The summed E-state index contributed by atoms with van der Waals surface area (Å²) in [5, 5.41) is 13.1. The minimum atomic E-state index is -1.06. The molecule has 0 saturated carbocycles. The third-order valence-electron chi connectivity index (χ3n) is 12.1. The van der Waals surface area contributed by atoms with E-state index in [0.717, 1.165) is 88.8 Å². The van der Waals surface area contributed by atoms with Gasteiger partial charge in [-0.05, 0) is 120 Å². The molecule has 1 N–H and O–H groups in total. The number of aromatic nitrogens is 5. The molecule has 0 aliphatic carbocycles. The van der Waals surface area contributed by atoms with Crippen LogP contribution in [0.25, 0.3) is 99.6 Å². The fraction of sp³-hybridized carbons (Fsp3) is 0.0645. The quantitative estimate of drug-likeness (QED) is 0.151. The maximum Gasteiger partial charge on any atom is 0.250 e. The molecule has 0 aliphatic rings. The number of carbonyl (C=O) groups is 1. The summed E-state index contributed by atoms with van der Waals surface area (Å²) in [5.74, 6) is -0.460. The summed E-state index contributed by atoms with van der Waals surface area (Å²) in [6, 6.07) is 65.9. The molecule has 8 heteroatoms. The molecule has 0 atom stereocenters. The van der Waals surface area contributed by atoms with Crippen LogP contribution in [-0.4, -0.2) is 36.0 Å². The average molecular weight is 1080 g/mol. The van der Waals surface area contributed by atoms with E-state index in [4.69, 9.17) is 10.1 Å². The number of carboxylic acid groups (broad SMARTS) is 1. The van der Waals surface area contributed by atoms with E-state index >= 15 is 0 Å². The largest absolute Gasteiger partial charge is 0.521 e.